The standard InChI is InChI=1S/C19H13NO4/c1-9-4-2-5-10-8-13-15(19(23)24)11-6-3-7-12(18(21)22)16(11)20-17(13)14(9)10/h2-7H,8H2,1H3,(H,21,22)(H,23,24). The van der Waals surface area contributed by atoms with E-state index in [4.69, 9.17) is 0 Å². The van der Waals surface area contributed by atoms with Crippen LogP contribution < -0.4 is 0 Å². The van der Waals surface area contributed by atoms with Gasteiger partial charge in [-0.1, -0.05) is 30.3 Å². The summed E-state index contributed by atoms with van der Waals surface area (Å²) >= 11 is 0. The summed E-state index contributed by atoms with van der Waals surface area (Å²) in [5.74, 6) is -2.18. The average molecular weight is 319 g/mol. The van der Waals surface area contributed by atoms with Crippen LogP contribution in [-0.4, -0.2) is 27.1 Å². The van der Waals surface area contributed by atoms with Gasteiger partial charge in [0.05, 0.1) is 22.3 Å². The number of hydrogen-bond donors (Lipinski definition) is 2. The first kappa shape index (κ1) is 14.4. The van der Waals surface area contributed by atoms with Crippen molar-refractivity contribution in [1.29, 1.82) is 0 Å². The van der Waals surface area contributed by atoms with Gasteiger partial charge in [0.15, 0.2) is 0 Å². The predicted octanol–water partition coefficient (Wildman–Crippen LogP) is 3.51. The molecule has 0 saturated carbocycles. The van der Waals surface area contributed by atoms with E-state index in [-0.39, 0.29) is 16.6 Å². The Morgan fingerprint density at radius 1 is 1.04 bits per heavy atom. The Labute approximate surface area is 137 Å². The van der Waals surface area contributed by atoms with Crippen LogP contribution in [-0.2, 0) is 6.42 Å². The molecule has 1 aromatic heterocycles. The van der Waals surface area contributed by atoms with Gasteiger partial charge in [0.25, 0.3) is 0 Å². The molecule has 2 aromatic carbocycles. The zero-order chi connectivity index (χ0) is 17.0. The minimum atomic E-state index is -1.12. The molecule has 5 nitrogen and oxygen atoms in total. The first-order chi connectivity index (χ1) is 11.5. The highest BCUT2D eigenvalue weighted by atomic mass is 16.4. The fourth-order valence-electron chi connectivity index (χ4n) is 3.53. The van der Waals surface area contributed by atoms with Crippen LogP contribution in [0.3, 0.4) is 0 Å². The second-order valence-corrected chi connectivity index (χ2v) is 5.91. The van der Waals surface area contributed by atoms with Crippen molar-refractivity contribution in [2.45, 2.75) is 13.3 Å². The third-order valence-electron chi connectivity index (χ3n) is 4.52. The summed E-state index contributed by atoms with van der Waals surface area (Å²) in [5, 5.41) is 19.5. The van der Waals surface area contributed by atoms with E-state index < -0.39 is 11.9 Å². The Balaban J connectivity index is 2.19. The summed E-state index contributed by atoms with van der Waals surface area (Å²) in [6.07, 6.45) is 0.494. The van der Waals surface area contributed by atoms with Crippen LogP contribution in [0.25, 0.3) is 22.2 Å². The number of hydrogen-bond acceptors (Lipinski definition) is 3. The number of carboxylic acid groups (broad SMARTS) is 2. The highest BCUT2D eigenvalue weighted by molar-refractivity contribution is 6.11. The lowest BCUT2D eigenvalue weighted by Crippen LogP contribution is -2.07. The smallest absolute Gasteiger partial charge is 0.337 e. The Morgan fingerprint density at radius 3 is 2.50 bits per heavy atom. The van der Waals surface area contributed by atoms with Crippen molar-refractivity contribution in [2.24, 2.45) is 0 Å². The number of fused-ring (bicyclic) bond motifs is 4. The summed E-state index contributed by atoms with van der Waals surface area (Å²) in [6.45, 7) is 1.95. The monoisotopic (exact) mass is 319 g/mol. The number of pyridine rings is 1. The molecule has 24 heavy (non-hydrogen) atoms. The molecule has 118 valence electrons. The Bertz CT molecular complexity index is 1050. The molecule has 0 amide bonds. The summed E-state index contributed by atoms with van der Waals surface area (Å²) in [7, 11) is 0. The van der Waals surface area contributed by atoms with E-state index >= 15 is 0 Å². The van der Waals surface area contributed by atoms with Crippen LogP contribution in [0.4, 0.5) is 0 Å². The largest absolute Gasteiger partial charge is 0.478 e. The number of para-hydroxylation sites is 1. The highest BCUT2D eigenvalue weighted by Crippen LogP contribution is 2.41. The van der Waals surface area contributed by atoms with E-state index in [0.29, 0.717) is 23.1 Å². The minimum Gasteiger partial charge on any atom is -0.478 e. The van der Waals surface area contributed by atoms with Crippen molar-refractivity contribution in [3.8, 4) is 11.3 Å². The van der Waals surface area contributed by atoms with Gasteiger partial charge in [0.2, 0.25) is 0 Å². The van der Waals surface area contributed by atoms with Crippen LogP contribution >= 0.6 is 0 Å². The van der Waals surface area contributed by atoms with Crippen molar-refractivity contribution in [3.63, 3.8) is 0 Å². The first-order valence-corrected chi connectivity index (χ1v) is 7.50. The molecule has 3 aromatic rings. The number of carbonyl (C=O) groups is 2. The Morgan fingerprint density at radius 2 is 1.79 bits per heavy atom. The van der Waals surface area contributed by atoms with Gasteiger partial charge >= 0.3 is 11.9 Å². The second kappa shape index (κ2) is 4.89. The molecular weight excluding hydrogens is 306 g/mol. The SMILES string of the molecule is Cc1cccc2c1-c1nc3c(C(=O)O)cccc3c(C(=O)O)c1C2. The van der Waals surface area contributed by atoms with Crippen molar-refractivity contribution < 1.29 is 19.8 Å². The fourth-order valence-corrected chi connectivity index (χ4v) is 3.53. The zero-order valence-corrected chi connectivity index (χ0v) is 12.8. The van der Waals surface area contributed by atoms with Gasteiger partial charge in [-0.3, -0.25) is 0 Å². The minimum absolute atomic E-state index is 0.0137. The Hall–Kier alpha value is -3.21. The summed E-state index contributed by atoms with van der Waals surface area (Å²) in [4.78, 5) is 28.0. The molecule has 4 rings (SSSR count). The van der Waals surface area contributed by atoms with E-state index in [1.807, 2.05) is 25.1 Å². The molecule has 0 unspecified atom stereocenters. The first-order valence-electron chi connectivity index (χ1n) is 7.50. The molecule has 1 heterocycles. The highest BCUT2D eigenvalue weighted by Gasteiger charge is 2.29. The maximum atomic E-state index is 11.9. The van der Waals surface area contributed by atoms with Gasteiger partial charge in [-0.05, 0) is 29.7 Å². The van der Waals surface area contributed by atoms with Crippen LogP contribution in [0.1, 0.15) is 37.4 Å². The third kappa shape index (κ3) is 1.84. The third-order valence-corrected chi connectivity index (χ3v) is 4.52. The second-order valence-electron chi connectivity index (χ2n) is 5.91. The molecule has 1 aliphatic carbocycles. The molecule has 0 aliphatic heterocycles. The van der Waals surface area contributed by atoms with Crippen molar-refractivity contribution in [1.82, 2.24) is 4.98 Å². The maximum Gasteiger partial charge on any atom is 0.337 e. The molecule has 0 bridgehead atoms. The van der Waals surface area contributed by atoms with Crippen LogP contribution in [0.15, 0.2) is 36.4 Å². The molecule has 2 N–H and O–H groups in total. The van der Waals surface area contributed by atoms with Gasteiger partial charge in [0.1, 0.15) is 0 Å². The number of aryl methyl sites for hydroxylation is 1. The van der Waals surface area contributed by atoms with E-state index in [2.05, 4.69) is 4.98 Å². The molecule has 5 heteroatoms. The number of nitrogens with zero attached hydrogens (tertiary/aromatic N) is 1. The number of rotatable bonds is 2. The molecule has 1 aliphatic rings. The van der Waals surface area contributed by atoms with Gasteiger partial charge in [0, 0.05) is 17.4 Å². The number of aromatic carboxylic acids is 2. The van der Waals surface area contributed by atoms with E-state index in [1.54, 1.807) is 12.1 Å². The normalized spacial score (nSPS) is 12.0. The van der Waals surface area contributed by atoms with E-state index in [0.717, 1.165) is 16.7 Å². The van der Waals surface area contributed by atoms with Gasteiger partial charge < -0.3 is 10.2 Å². The Kier molecular flexibility index (Phi) is 2.93. The van der Waals surface area contributed by atoms with Crippen molar-refractivity contribution >= 4 is 22.8 Å². The van der Waals surface area contributed by atoms with Crippen molar-refractivity contribution in [2.75, 3.05) is 0 Å². The van der Waals surface area contributed by atoms with E-state index in [1.165, 1.54) is 6.07 Å². The van der Waals surface area contributed by atoms with Crippen LogP contribution in [0, 0.1) is 6.92 Å². The lowest BCUT2D eigenvalue weighted by molar-refractivity contribution is 0.0685. The topological polar surface area (TPSA) is 87.5 Å². The molecule has 0 fully saturated rings. The number of benzene rings is 2. The molecule has 0 saturated heterocycles. The van der Waals surface area contributed by atoms with E-state index in [9.17, 15) is 19.8 Å². The zero-order valence-electron chi connectivity index (χ0n) is 12.8. The number of aromatic nitrogens is 1. The average Bonchev–Trinajstić information content (AvgIpc) is 2.90. The van der Waals surface area contributed by atoms with Gasteiger partial charge in [-0.2, -0.15) is 0 Å². The molecule has 0 radical (unpaired) electrons. The van der Waals surface area contributed by atoms with Crippen LogP contribution in [0.2, 0.25) is 0 Å². The quantitative estimate of drug-likeness (QED) is 0.590. The van der Waals surface area contributed by atoms with Crippen LogP contribution in [0.5, 0.6) is 0 Å². The number of carboxylic acids is 2. The van der Waals surface area contributed by atoms with Gasteiger partial charge in [-0.25, -0.2) is 14.6 Å². The fraction of sp³-hybridized carbons (Fsp3) is 0.105. The maximum absolute atomic E-state index is 11.9. The van der Waals surface area contributed by atoms with Gasteiger partial charge in [-0.15, -0.1) is 0 Å². The molecular formula is C19H13NO4. The summed E-state index contributed by atoms with van der Waals surface area (Å²) in [6, 6.07) is 10.5. The lowest BCUT2D eigenvalue weighted by Gasteiger charge is -2.11. The summed E-state index contributed by atoms with van der Waals surface area (Å²) < 4.78 is 0. The lowest BCUT2D eigenvalue weighted by atomic mass is 9.98. The summed E-state index contributed by atoms with van der Waals surface area (Å²) in [5.41, 5.74) is 4.56. The molecule has 0 atom stereocenters. The predicted molar refractivity (Wildman–Crippen MR) is 88.6 cm³/mol. The van der Waals surface area contributed by atoms with Crippen molar-refractivity contribution in [3.05, 3.63) is 64.2 Å². The molecule has 0 spiro atoms.